The highest BCUT2D eigenvalue weighted by Gasteiger charge is 2.30. The van der Waals surface area contributed by atoms with E-state index in [1.807, 2.05) is 0 Å². The van der Waals surface area contributed by atoms with Crippen LogP contribution in [0.1, 0.15) is 32.0 Å². The van der Waals surface area contributed by atoms with Crippen molar-refractivity contribution in [2.75, 3.05) is 5.73 Å². The molecule has 0 unspecified atom stereocenters. The Bertz CT molecular complexity index is 673. The Balaban J connectivity index is 2.45. The molecule has 0 saturated carbocycles. The first-order valence-electron chi connectivity index (χ1n) is 6.86. The maximum absolute atomic E-state index is 12.8. The fourth-order valence-electron chi connectivity index (χ4n) is 2.15. The molecule has 1 aromatic heterocycles. The zero-order valence-electron chi connectivity index (χ0n) is 12.7. The Morgan fingerprint density at radius 3 is 2.32 bits per heavy atom. The molecular weight excluding hydrogens is 291 g/mol. The maximum atomic E-state index is 12.8. The van der Waals surface area contributed by atoms with Crippen LogP contribution in [0.3, 0.4) is 0 Å². The summed E-state index contributed by atoms with van der Waals surface area (Å²) in [5.41, 5.74) is 6.47. The predicted octanol–water partition coefficient (Wildman–Crippen LogP) is 4.33. The van der Waals surface area contributed by atoms with E-state index in [4.69, 9.17) is 5.73 Å². The Hall–Kier alpha value is -2.11. The number of benzene rings is 1. The van der Waals surface area contributed by atoms with Crippen LogP contribution in [0.4, 0.5) is 19.1 Å². The number of aromatic nitrogens is 2. The number of halogens is 3. The summed E-state index contributed by atoms with van der Waals surface area (Å²) >= 11 is 0. The van der Waals surface area contributed by atoms with E-state index in [1.165, 1.54) is 6.07 Å². The summed E-state index contributed by atoms with van der Waals surface area (Å²) in [6.45, 7) is 6.15. The maximum Gasteiger partial charge on any atom is 0.416 e. The number of hydrogen-bond donors (Lipinski definition) is 1. The molecule has 0 amide bonds. The van der Waals surface area contributed by atoms with Crippen LogP contribution in [0.15, 0.2) is 30.3 Å². The Morgan fingerprint density at radius 2 is 1.73 bits per heavy atom. The van der Waals surface area contributed by atoms with Gasteiger partial charge in [0.1, 0.15) is 0 Å². The molecule has 0 aliphatic rings. The Labute approximate surface area is 127 Å². The summed E-state index contributed by atoms with van der Waals surface area (Å²) in [6.07, 6.45) is -3.73. The second-order valence-corrected chi connectivity index (χ2v) is 6.42. The van der Waals surface area contributed by atoms with Crippen molar-refractivity contribution in [3.8, 4) is 11.3 Å². The van der Waals surface area contributed by atoms with Gasteiger partial charge in [0.05, 0.1) is 11.3 Å². The smallest absolute Gasteiger partial charge is 0.368 e. The van der Waals surface area contributed by atoms with E-state index in [0.717, 1.165) is 12.1 Å². The van der Waals surface area contributed by atoms with Crippen LogP contribution in [-0.2, 0) is 12.6 Å². The first kappa shape index (κ1) is 16.3. The lowest BCUT2D eigenvalue weighted by molar-refractivity contribution is -0.137. The van der Waals surface area contributed by atoms with Crippen molar-refractivity contribution in [2.45, 2.75) is 33.4 Å². The highest BCUT2D eigenvalue weighted by molar-refractivity contribution is 5.61. The van der Waals surface area contributed by atoms with Crippen molar-refractivity contribution in [3.05, 3.63) is 41.6 Å². The van der Waals surface area contributed by atoms with Gasteiger partial charge in [-0.1, -0.05) is 32.9 Å². The minimum Gasteiger partial charge on any atom is -0.368 e. The zero-order chi connectivity index (χ0) is 16.5. The SMILES string of the molecule is CC(C)(C)Cc1cc(-c2cccc(C(F)(F)F)c2)nc(N)n1. The number of anilines is 1. The third kappa shape index (κ3) is 4.19. The average molecular weight is 309 g/mol. The van der Waals surface area contributed by atoms with Crippen molar-refractivity contribution in [1.82, 2.24) is 9.97 Å². The number of nitrogens with two attached hydrogens (primary N) is 1. The van der Waals surface area contributed by atoms with Crippen LogP contribution in [0.25, 0.3) is 11.3 Å². The molecule has 22 heavy (non-hydrogen) atoms. The summed E-state index contributed by atoms with van der Waals surface area (Å²) in [4.78, 5) is 8.22. The molecule has 1 aromatic carbocycles. The molecule has 1 heterocycles. The Kier molecular flexibility index (Phi) is 4.13. The molecule has 2 aromatic rings. The zero-order valence-corrected chi connectivity index (χ0v) is 12.7. The highest BCUT2D eigenvalue weighted by atomic mass is 19.4. The van der Waals surface area contributed by atoms with E-state index in [1.54, 1.807) is 12.1 Å². The lowest BCUT2D eigenvalue weighted by Gasteiger charge is -2.18. The normalized spacial score (nSPS) is 12.5. The summed E-state index contributed by atoms with van der Waals surface area (Å²) in [6, 6.07) is 6.74. The summed E-state index contributed by atoms with van der Waals surface area (Å²) in [7, 11) is 0. The third-order valence-corrected chi connectivity index (χ3v) is 2.99. The van der Waals surface area contributed by atoms with Gasteiger partial charge in [0.25, 0.3) is 0 Å². The second-order valence-electron chi connectivity index (χ2n) is 6.42. The van der Waals surface area contributed by atoms with Crippen molar-refractivity contribution in [3.63, 3.8) is 0 Å². The molecule has 0 aliphatic carbocycles. The first-order valence-corrected chi connectivity index (χ1v) is 6.86. The second kappa shape index (κ2) is 5.59. The fourth-order valence-corrected chi connectivity index (χ4v) is 2.15. The van der Waals surface area contributed by atoms with E-state index < -0.39 is 11.7 Å². The number of hydrogen-bond acceptors (Lipinski definition) is 3. The highest BCUT2D eigenvalue weighted by Crippen LogP contribution is 2.32. The minimum atomic E-state index is -4.39. The van der Waals surface area contributed by atoms with Gasteiger partial charge < -0.3 is 5.73 Å². The van der Waals surface area contributed by atoms with Crippen LogP contribution in [0.5, 0.6) is 0 Å². The molecule has 118 valence electrons. The standard InChI is InChI=1S/C16H18F3N3/c1-15(2,3)9-12-8-13(22-14(20)21-12)10-5-4-6-11(7-10)16(17,18)19/h4-8H,9H2,1-3H3,(H2,20,21,22). The van der Waals surface area contributed by atoms with Gasteiger partial charge in [0.2, 0.25) is 5.95 Å². The molecular formula is C16H18F3N3. The van der Waals surface area contributed by atoms with Crippen LogP contribution >= 0.6 is 0 Å². The molecule has 0 bridgehead atoms. The van der Waals surface area contributed by atoms with Crippen LogP contribution < -0.4 is 5.73 Å². The van der Waals surface area contributed by atoms with Crippen LogP contribution in [-0.4, -0.2) is 9.97 Å². The summed E-state index contributed by atoms with van der Waals surface area (Å²) in [5.74, 6) is 0.0640. The van der Waals surface area contributed by atoms with Gasteiger partial charge in [-0.15, -0.1) is 0 Å². The molecule has 0 fully saturated rings. The molecule has 0 aliphatic heterocycles. The number of alkyl halides is 3. The van der Waals surface area contributed by atoms with E-state index >= 15 is 0 Å². The largest absolute Gasteiger partial charge is 0.416 e. The predicted molar refractivity (Wildman–Crippen MR) is 80.0 cm³/mol. The lowest BCUT2D eigenvalue weighted by atomic mass is 9.90. The molecule has 0 atom stereocenters. The van der Waals surface area contributed by atoms with E-state index in [0.29, 0.717) is 23.4 Å². The monoisotopic (exact) mass is 309 g/mol. The lowest BCUT2D eigenvalue weighted by Crippen LogP contribution is -2.12. The number of nitrogens with zero attached hydrogens (tertiary/aromatic N) is 2. The van der Waals surface area contributed by atoms with Crippen molar-refractivity contribution >= 4 is 5.95 Å². The number of rotatable bonds is 2. The van der Waals surface area contributed by atoms with Gasteiger partial charge in [-0.25, -0.2) is 9.97 Å². The Morgan fingerprint density at radius 1 is 1.05 bits per heavy atom. The van der Waals surface area contributed by atoms with E-state index in [2.05, 4.69) is 30.7 Å². The van der Waals surface area contributed by atoms with Gasteiger partial charge in [0.15, 0.2) is 0 Å². The molecule has 2 N–H and O–H groups in total. The minimum absolute atomic E-state index is 0.00805. The molecule has 2 rings (SSSR count). The summed E-state index contributed by atoms with van der Waals surface area (Å²) < 4.78 is 38.4. The van der Waals surface area contributed by atoms with Gasteiger partial charge in [-0.3, -0.25) is 0 Å². The quantitative estimate of drug-likeness (QED) is 0.898. The molecule has 6 heteroatoms. The van der Waals surface area contributed by atoms with Crippen molar-refractivity contribution in [1.29, 1.82) is 0 Å². The molecule has 3 nitrogen and oxygen atoms in total. The molecule has 0 saturated heterocycles. The van der Waals surface area contributed by atoms with Crippen LogP contribution in [0, 0.1) is 5.41 Å². The van der Waals surface area contributed by atoms with Crippen molar-refractivity contribution < 1.29 is 13.2 Å². The summed E-state index contributed by atoms with van der Waals surface area (Å²) in [5, 5.41) is 0. The van der Waals surface area contributed by atoms with Gasteiger partial charge in [-0.2, -0.15) is 13.2 Å². The molecule has 0 spiro atoms. The van der Waals surface area contributed by atoms with E-state index in [-0.39, 0.29) is 11.4 Å². The van der Waals surface area contributed by atoms with Crippen molar-refractivity contribution in [2.24, 2.45) is 5.41 Å². The molecule has 0 radical (unpaired) electrons. The van der Waals surface area contributed by atoms with Gasteiger partial charge >= 0.3 is 6.18 Å². The van der Waals surface area contributed by atoms with Gasteiger partial charge in [-0.05, 0) is 30.0 Å². The topological polar surface area (TPSA) is 51.8 Å². The van der Waals surface area contributed by atoms with Gasteiger partial charge in [0, 0.05) is 11.3 Å². The average Bonchev–Trinajstić information content (AvgIpc) is 2.35. The fraction of sp³-hybridized carbons (Fsp3) is 0.375. The third-order valence-electron chi connectivity index (χ3n) is 2.99. The van der Waals surface area contributed by atoms with E-state index in [9.17, 15) is 13.2 Å². The number of nitrogen functional groups attached to an aromatic ring is 1. The first-order chi connectivity index (χ1) is 10.0. The van der Waals surface area contributed by atoms with Crippen LogP contribution in [0.2, 0.25) is 0 Å².